The van der Waals surface area contributed by atoms with Crippen LogP contribution in [-0.4, -0.2) is 99.1 Å². The first-order valence-electron chi connectivity index (χ1n) is 15.0. The maximum atomic E-state index is 13.7. The lowest BCUT2D eigenvalue weighted by Gasteiger charge is -2.29. The van der Waals surface area contributed by atoms with Crippen LogP contribution in [0.15, 0.2) is 30.3 Å². The molecule has 4 amide bonds. The summed E-state index contributed by atoms with van der Waals surface area (Å²) in [6, 6.07) is 6.16. The standard InChI is InChI=1S/C29H44N5O8P/c1-2-3-11-21(29(39)40)31-27(37)22-12-7-15-33(22)25(35)14-17-43(41,42)24(18-20-9-5-4-6-10-20)32-28(38)23-13-8-16-34(23)26(36)19-30/h4-6,9-10,21-24H,2-3,7-8,11-19,30H2,1H3,(H,31,37)(H,32,38)(H,39,40)(H,41,42)/t21-,22+,23+,24-/m1/s1. The van der Waals surface area contributed by atoms with Crippen LogP contribution in [0.5, 0.6) is 0 Å². The van der Waals surface area contributed by atoms with Crippen molar-refractivity contribution in [2.45, 2.75) is 88.6 Å². The minimum absolute atomic E-state index is 0.0369. The van der Waals surface area contributed by atoms with Gasteiger partial charge in [-0.15, -0.1) is 0 Å². The molecule has 3 rings (SSSR count). The summed E-state index contributed by atoms with van der Waals surface area (Å²) in [5.74, 6) is -4.32. The van der Waals surface area contributed by atoms with E-state index in [0.717, 1.165) is 6.42 Å². The zero-order valence-corrected chi connectivity index (χ0v) is 25.5. The summed E-state index contributed by atoms with van der Waals surface area (Å²) in [5.41, 5.74) is 6.21. The quantitative estimate of drug-likeness (QED) is 0.178. The number of carbonyl (C=O) groups is 5. The zero-order chi connectivity index (χ0) is 31.6. The molecule has 43 heavy (non-hydrogen) atoms. The summed E-state index contributed by atoms with van der Waals surface area (Å²) in [6.45, 7) is 2.32. The second-order valence-corrected chi connectivity index (χ2v) is 13.8. The number of hydrogen-bond acceptors (Lipinski definition) is 7. The lowest BCUT2D eigenvalue weighted by molar-refractivity contribution is -0.144. The van der Waals surface area contributed by atoms with E-state index in [0.29, 0.717) is 44.2 Å². The number of likely N-dealkylation sites (tertiary alicyclic amines) is 2. The van der Waals surface area contributed by atoms with Crippen LogP contribution in [0, 0.1) is 0 Å². The Morgan fingerprint density at radius 3 is 2.12 bits per heavy atom. The SMILES string of the molecule is CCCC[C@@H](NC(=O)[C@@H]1CCCN1C(=O)CCP(=O)(O)[C@H](Cc1ccccc1)NC(=O)[C@@H]1CCCN1C(=O)CN)C(=O)O. The molecule has 2 saturated heterocycles. The van der Waals surface area contributed by atoms with Gasteiger partial charge >= 0.3 is 5.97 Å². The van der Waals surface area contributed by atoms with Gasteiger partial charge in [-0.2, -0.15) is 0 Å². The summed E-state index contributed by atoms with van der Waals surface area (Å²) in [6.07, 6.45) is 2.86. The smallest absolute Gasteiger partial charge is 0.326 e. The highest BCUT2D eigenvalue weighted by Gasteiger charge is 2.40. The van der Waals surface area contributed by atoms with Gasteiger partial charge in [0.2, 0.25) is 31.0 Å². The van der Waals surface area contributed by atoms with Gasteiger partial charge in [0, 0.05) is 32.1 Å². The molecule has 0 aromatic heterocycles. The van der Waals surface area contributed by atoms with E-state index in [-0.39, 0.29) is 38.3 Å². The molecule has 6 N–H and O–H groups in total. The Morgan fingerprint density at radius 1 is 0.977 bits per heavy atom. The van der Waals surface area contributed by atoms with E-state index >= 15 is 0 Å². The molecular weight excluding hydrogens is 577 g/mol. The number of aliphatic carboxylic acids is 1. The fourth-order valence-electron chi connectivity index (χ4n) is 5.67. The molecule has 2 aliphatic heterocycles. The molecule has 13 nitrogen and oxygen atoms in total. The van der Waals surface area contributed by atoms with Gasteiger partial charge in [0.25, 0.3) is 0 Å². The number of hydrogen-bond donors (Lipinski definition) is 5. The Hall–Kier alpha value is -3.28. The van der Waals surface area contributed by atoms with Crippen molar-refractivity contribution < 1.29 is 38.5 Å². The molecule has 1 aromatic carbocycles. The first kappa shape index (κ1) is 34.2. The topological polar surface area (TPSA) is 199 Å². The second-order valence-electron chi connectivity index (χ2n) is 11.2. The molecule has 1 aromatic rings. The van der Waals surface area contributed by atoms with Gasteiger partial charge in [-0.3, -0.25) is 23.7 Å². The fraction of sp³-hybridized carbons (Fsp3) is 0.621. The molecular formula is C29H44N5O8P. The van der Waals surface area contributed by atoms with Crippen molar-refractivity contribution in [3.63, 3.8) is 0 Å². The van der Waals surface area contributed by atoms with Crippen molar-refractivity contribution in [1.29, 1.82) is 0 Å². The van der Waals surface area contributed by atoms with E-state index in [9.17, 15) is 38.5 Å². The van der Waals surface area contributed by atoms with Crippen LogP contribution in [0.2, 0.25) is 0 Å². The number of unbranched alkanes of at least 4 members (excludes halogenated alkanes) is 1. The third kappa shape index (κ3) is 9.35. The average molecular weight is 622 g/mol. The summed E-state index contributed by atoms with van der Waals surface area (Å²) in [4.78, 5) is 77.2. The molecule has 2 aliphatic rings. The molecule has 238 valence electrons. The number of benzene rings is 1. The first-order chi connectivity index (χ1) is 20.5. The monoisotopic (exact) mass is 621 g/mol. The highest BCUT2D eigenvalue weighted by molar-refractivity contribution is 7.58. The molecule has 5 atom stereocenters. The summed E-state index contributed by atoms with van der Waals surface area (Å²) in [5, 5.41) is 14.7. The summed E-state index contributed by atoms with van der Waals surface area (Å²) in [7, 11) is -4.18. The first-order valence-corrected chi connectivity index (χ1v) is 16.9. The Labute approximate surface area is 252 Å². The second kappa shape index (κ2) is 16.0. The van der Waals surface area contributed by atoms with Gasteiger partial charge in [-0.05, 0) is 37.7 Å². The van der Waals surface area contributed by atoms with Gasteiger partial charge in [-0.1, -0.05) is 50.1 Å². The largest absolute Gasteiger partial charge is 0.480 e. The van der Waals surface area contributed by atoms with Gasteiger partial charge in [0.05, 0.1) is 6.54 Å². The molecule has 2 fully saturated rings. The Bertz CT molecular complexity index is 1200. The fourth-order valence-corrected chi connectivity index (χ4v) is 7.32. The Balaban J connectivity index is 1.69. The summed E-state index contributed by atoms with van der Waals surface area (Å²) < 4.78 is 13.7. The van der Waals surface area contributed by atoms with E-state index < -0.39 is 61.1 Å². The van der Waals surface area contributed by atoms with E-state index in [1.165, 1.54) is 9.80 Å². The molecule has 14 heteroatoms. The average Bonchev–Trinajstić information content (AvgIpc) is 3.68. The lowest BCUT2D eigenvalue weighted by Crippen LogP contribution is -2.51. The number of nitrogens with one attached hydrogen (secondary N) is 2. The highest BCUT2D eigenvalue weighted by Crippen LogP contribution is 2.47. The van der Waals surface area contributed by atoms with Crippen LogP contribution in [0.25, 0.3) is 0 Å². The highest BCUT2D eigenvalue weighted by atomic mass is 31.2. The zero-order valence-electron chi connectivity index (χ0n) is 24.7. The van der Waals surface area contributed by atoms with Crippen LogP contribution in [0.3, 0.4) is 0 Å². The van der Waals surface area contributed by atoms with E-state index in [4.69, 9.17) is 5.73 Å². The Kier molecular flexibility index (Phi) is 12.7. The number of amides is 4. The molecule has 0 saturated carbocycles. The van der Waals surface area contributed by atoms with Crippen molar-refractivity contribution >= 4 is 37.0 Å². The third-order valence-electron chi connectivity index (χ3n) is 8.10. The lowest BCUT2D eigenvalue weighted by atomic mass is 10.1. The van der Waals surface area contributed by atoms with Gasteiger partial charge in [0.15, 0.2) is 0 Å². The minimum atomic E-state index is -4.18. The normalized spacial score (nSPS) is 21.1. The predicted octanol–water partition coefficient (Wildman–Crippen LogP) is 1.03. The van der Waals surface area contributed by atoms with Crippen molar-refractivity contribution in [1.82, 2.24) is 20.4 Å². The minimum Gasteiger partial charge on any atom is -0.480 e. The van der Waals surface area contributed by atoms with Gasteiger partial charge in [-0.25, -0.2) is 4.79 Å². The van der Waals surface area contributed by atoms with Crippen LogP contribution in [-0.2, 0) is 35.0 Å². The summed E-state index contributed by atoms with van der Waals surface area (Å²) >= 11 is 0. The van der Waals surface area contributed by atoms with Crippen LogP contribution in [0.1, 0.15) is 63.9 Å². The number of carbonyl (C=O) groups excluding carboxylic acids is 4. The maximum absolute atomic E-state index is 13.7. The number of carboxylic acid groups (broad SMARTS) is 1. The number of carboxylic acids is 1. The predicted molar refractivity (Wildman–Crippen MR) is 159 cm³/mol. The maximum Gasteiger partial charge on any atom is 0.326 e. The van der Waals surface area contributed by atoms with Crippen molar-refractivity contribution in [3.8, 4) is 0 Å². The molecule has 1 unspecified atom stereocenters. The van der Waals surface area contributed by atoms with Crippen molar-refractivity contribution in [2.24, 2.45) is 5.73 Å². The van der Waals surface area contributed by atoms with Crippen LogP contribution < -0.4 is 16.4 Å². The van der Waals surface area contributed by atoms with Crippen LogP contribution in [0.4, 0.5) is 0 Å². The molecule has 2 heterocycles. The third-order valence-corrected chi connectivity index (χ3v) is 10.3. The number of rotatable bonds is 15. The van der Waals surface area contributed by atoms with Crippen molar-refractivity contribution in [2.75, 3.05) is 25.8 Å². The number of nitrogens with zero attached hydrogens (tertiary/aromatic N) is 2. The number of nitrogens with two attached hydrogens (primary N) is 1. The molecule has 0 radical (unpaired) electrons. The van der Waals surface area contributed by atoms with E-state index in [1.54, 1.807) is 30.3 Å². The van der Waals surface area contributed by atoms with E-state index in [2.05, 4.69) is 10.6 Å². The molecule has 0 spiro atoms. The van der Waals surface area contributed by atoms with Gasteiger partial charge in [0.1, 0.15) is 23.9 Å². The van der Waals surface area contributed by atoms with Gasteiger partial charge < -0.3 is 36.2 Å². The molecule has 0 bridgehead atoms. The molecule has 0 aliphatic carbocycles. The van der Waals surface area contributed by atoms with Crippen LogP contribution >= 0.6 is 7.37 Å². The van der Waals surface area contributed by atoms with Crippen molar-refractivity contribution in [3.05, 3.63) is 35.9 Å². The Morgan fingerprint density at radius 2 is 1.56 bits per heavy atom. The van der Waals surface area contributed by atoms with E-state index in [1.807, 2.05) is 6.92 Å².